The Morgan fingerprint density at radius 3 is 2.47 bits per heavy atom. The van der Waals surface area contributed by atoms with E-state index in [0.29, 0.717) is 18.7 Å². The summed E-state index contributed by atoms with van der Waals surface area (Å²) in [6.45, 7) is 1.08. The number of hydrogen-bond donors (Lipinski definition) is 2. The minimum atomic E-state index is -0.133. The Kier molecular flexibility index (Phi) is 7.22. The van der Waals surface area contributed by atoms with Crippen LogP contribution in [0.4, 0.5) is 5.69 Å². The summed E-state index contributed by atoms with van der Waals surface area (Å²) in [5.74, 6) is 0.0781. The molecule has 3 aromatic carbocycles. The normalized spacial score (nSPS) is 13.4. The molecule has 6 heteroatoms. The lowest BCUT2D eigenvalue weighted by Gasteiger charge is -2.13. The molecule has 5 rings (SSSR count). The fourth-order valence-electron chi connectivity index (χ4n) is 4.77. The maximum absolute atomic E-state index is 13.1. The van der Waals surface area contributed by atoms with Gasteiger partial charge in [0.2, 0.25) is 5.91 Å². The smallest absolute Gasteiger partial charge is 0.252 e. The molecule has 2 amide bonds. The molecule has 0 atom stereocenters. The molecular formula is C30H30N4O2. The number of nitrogens with one attached hydrogen (secondary N) is 2. The van der Waals surface area contributed by atoms with Gasteiger partial charge in [0, 0.05) is 36.1 Å². The molecule has 0 aliphatic heterocycles. The molecule has 1 aromatic heterocycles. The second-order valence-corrected chi connectivity index (χ2v) is 9.30. The van der Waals surface area contributed by atoms with Crippen molar-refractivity contribution in [3.63, 3.8) is 0 Å². The molecule has 1 heterocycles. The van der Waals surface area contributed by atoms with Gasteiger partial charge in [-0.05, 0) is 59.4 Å². The Morgan fingerprint density at radius 2 is 1.69 bits per heavy atom. The molecule has 0 unspecified atom stereocenters. The zero-order valence-corrected chi connectivity index (χ0v) is 20.2. The summed E-state index contributed by atoms with van der Waals surface area (Å²) in [5, 5.41) is 10.3. The van der Waals surface area contributed by atoms with Gasteiger partial charge in [0.25, 0.3) is 5.91 Å². The van der Waals surface area contributed by atoms with Gasteiger partial charge < -0.3 is 10.6 Å². The number of benzene rings is 3. The first kappa shape index (κ1) is 23.5. The van der Waals surface area contributed by atoms with E-state index in [9.17, 15) is 9.59 Å². The molecule has 0 radical (unpaired) electrons. The average molecular weight is 479 g/mol. The van der Waals surface area contributed by atoms with Crippen molar-refractivity contribution in [1.29, 1.82) is 0 Å². The van der Waals surface area contributed by atoms with E-state index in [2.05, 4.69) is 27.9 Å². The van der Waals surface area contributed by atoms with Gasteiger partial charge in [0.1, 0.15) is 0 Å². The van der Waals surface area contributed by atoms with Gasteiger partial charge in [-0.1, -0.05) is 67.4 Å². The van der Waals surface area contributed by atoms with Crippen LogP contribution in [-0.4, -0.2) is 21.6 Å². The number of anilines is 1. The Hall–Kier alpha value is -4.19. The largest absolute Gasteiger partial charge is 0.348 e. The van der Waals surface area contributed by atoms with Gasteiger partial charge >= 0.3 is 0 Å². The Morgan fingerprint density at radius 1 is 0.889 bits per heavy atom. The van der Waals surface area contributed by atoms with Crippen LogP contribution in [0.2, 0.25) is 0 Å². The molecule has 0 spiro atoms. The maximum atomic E-state index is 13.1. The average Bonchev–Trinajstić information content (AvgIpc) is 3.63. The molecule has 1 saturated carbocycles. The minimum absolute atomic E-state index is 0.0956. The fourth-order valence-corrected chi connectivity index (χ4v) is 4.77. The van der Waals surface area contributed by atoms with Crippen molar-refractivity contribution >= 4 is 17.5 Å². The van der Waals surface area contributed by atoms with Crippen molar-refractivity contribution in [2.45, 2.75) is 38.8 Å². The molecule has 2 N–H and O–H groups in total. The SMILES string of the molecule is O=C(NCc1cccc(NC(=O)C2CCCC2)c1)c1ccccc1-c1ccc(Cn2cccn2)cc1. The molecule has 0 saturated heterocycles. The van der Waals surface area contributed by atoms with Crippen LogP contribution in [0.1, 0.15) is 47.2 Å². The van der Waals surface area contributed by atoms with E-state index in [-0.39, 0.29) is 17.7 Å². The molecule has 0 bridgehead atoms. The quantitative estimate of drug-likeness (QED) is 0.343. The first-order valence-electron chi connectivity index (χ1n) is 12.5. The number of carbonyl (C=O) groups excluding carboxylic acids is 2. The number of hydrogen-bond acceptors (Lipinski definition) is 3. The van der Waals surface area contributed by atoms with Crippen LogP contribution in [0.3, 0.4) is 0 Å². The lowest BCUT2D eigenvalue weighted by molar-refractivity contribution is -0.119. The van der Waals surface area contributed by atoms with Crippen molar-refractivity contribution in [3.05, 3.63) is 108 Å². The summed E-state index contributed by atoms with van der Waals surface area (Å²) in [5.41, 5.74) is 5.36. The van der Waals surface area contributed by atoms with E-state index < -0.39 is 0 Å². The lowest BCUT2D eigenvalue weighted by Crippen LogP contribution is -2.24. The number of amides is 2. The van der Waals surface area contributed by atoms with E-state index in [1.165, 1.54) is 0 Å². The summed E-state index contributed by atoms with van der Waals surface area (Å²) < 4.78 is 1.88. The predicted molar refractivity (Wildman–Crippen MR) is 141 cm³/mol. The van der Waals surface area contributed by atoms with Crippen LogP contribution >= 0.6 is 0 Å². The van der Waals surface area contributed by atoms with E-state index in [4.69, 9.17) is 0 Å². The molecule has 182 valence electrons. The summed E-state index contributed by atoms with van der Waals surface area (Å²) in [7, 11) is 0. The van der Waals surface area contributed by atoms with Gasteiger partial charge in [-0.25, -0.2) is 0 Å². The Labute approximate surface area is 211 Å². The highest BCUT2D eigenvalue weighted by Gasteiger charge is 2.22. The summed E-state index contributed by atoms with van der Waals surface area (Å²) >= 11 is 0. The van der Waals surface area contributed by atoms with Gasteiger partial charge in [0.05, 0.1) is 6.54 Å². The highest BCUT2D eigenvalue weighted by Crippen LogP contribution is 2.27. The van der Waals surface area contributed by atoms with Crippen LogP contribution in [0.5, 0.6) is 0 Å². The molecule has 4 aromatic rings. The monoisotopic (exact) mass is 478 g/mol. The topological polar surface area (TPSA) is 76.0 Å². The highest BCUT2D eigenvalue weighted by atomic mass is 16.2. The molecule has 1 aliphatic rings. The number of nitrogens with zero attached hydrogens (tertiary/aromatic N) is 2. The Balaban J connectivity index is 1.24. The van der Waals surface area contributed by atoms with E-state index in [1.54, 1.807) is 6.20 Å². The number of carbonyl (C=O) groups is 2. The standard InChI is InChI=1S/C30H30N4O2/c35-29(25-8-1-2-9-25)33-26-10-5-7-23(19-26)20-31-30(36)28-12-4-3-11-27(28)24-15-13-22(14-16-24)21-34-18-6-17-32-34/h3-7,10-19,25H,1-2,8-9,20-21H2,(H,31,36)(H,33,35). The number of rotatable bonds is 8. The Bertz CT molecular complexity index is 1320. The second kappa shape index (κ2) is 11.0. The molecule has 1 aliphatic carbocycles. The van der Waals surface area contributed by atoms with Crippen LogP contribution in [-0.2, 0) is 17.9 Å². The molecular weight excluding hydrogens is 448 g/mol. The van der Waals surface area contributed by atoms with Gasteiger partial charge in [-0.3, -0.25) is 14.3 Å². The second-order valence-electron chi connectivity index (χ2n) is 9.30. The summed E-state index contributed by atoms with van der Waals surface area (Å²) in [6.07, 6.45) is 7.89. The third-order valence-corrected chi connectivity index (χ3v) is 6.71. The lowest BCUT2D eigenvalue weighted by atomic mass is 9.98. The van der Waals surface area contributed by atoms with E-state index >= 15 is 0 Å². The van der Waals surface area contributed by atoms with Crippen LogP contribution in [0.15, 0.2) is 91.3 Å². The third-order valence-electron chi connectivity index (χ3n) is 6.71. The van der Waals surface area contributed by atoms with Gasteiger partial charge in [-0.2, -0.15) is 5.10 Å². The molecule has 6 nitrogen and oxygen atoms in total. The zero-order valence-electron chi connectivity index (χ0n) is 20.2. The molecule has 1 fully saturated rings. The number of aromatic nitrogens is 2. The van der Waals surface area contributed by atoms with Crippen molar-refractivity contribution in [1.82, 2.24) is 15.1 Å². The van der Waals surface area contributed by atoms with E-state index in [1.807, 2.05) is 77.6 Å². The van der Waals surface area contributed by atoms with Crippen molar-refractivity contribution in [2.24, 2.45) is 5.92 Å². The van der Waals surface area contributed by atoms with Gasteiger partial charge in [-0.15, -0.1) is 0 Å². The van der Waals surface area contributed by atoms with Crippen molar-refractivity contribution < 1.29 is 9.59 Å². The van der Waals surface area contributed by atoms with Crippen LogP contribution in [0.25, 0.3) is 11.1 Å². The van der Waals surface area contributed by atoms with Gasteiger partial charge in [0.15, 0.2) is 0 Å². The predicted octanol–water partition coefficient (Wildman–Crippen LogP) is 5.66. The van der Waals surface area contributed by atoms with Crippen molar-refractivity contribution in [2.75, 3.05) is 5.32 Å². The van der Waals surface area contributed by atoms with Crippen LogP contribution < -0.4 is 10.6 Å². The van der Waals surface area contributed by atoms with Crippen LogP contribution in [0, 0.1) is 5.92 Å². The summed E-state index contributed by atoms with van der Waals surface area (Å²) in [6, 6.07) is 25.4. The summed E-state index contributed by atoms with van der Waals surface area (Å²) in [4.78, 5) is 25.6. The highest BCUT2D eigenvalue weighted by molar-refractivity contribution is 6.00. The first-order chi connectivity index (χ1) is 17.7. The maximum Gasteiger partial charge on any atom is 0.252 e. The minimum Gasteiger partial charge on any atom is -0.348 e. The molecule has 36 heavy (non-hydrogen) atoms. The van der Waals surface area contributed by atoms with E-state index in [0.717, 1.165) is 53.6 Å². The zero-order chi connectivity index (χ0) is 24.7. The van der Waals surface area contributed by atoms with Crippen molar-refractivity contribution in [3.8, 4) is 11.1 Å². The first-order valence-corrected chi connectivity index (χ1v) is 12.5. The third kappa shape index (κ3) is 5.71. The fraction of sp³-hybridized carbons (Fsp3) is 0.233.